The summed E-state index contributed by atoms with van der Waals surface area (Å²) in [6.07, 6.45) is 3.41. The molecule has 1 amide bonds. The number of aliphatic hydroxyl groups excluding tert-OH is 1. The normalized spacial score (nSPS) is 20.8. The largest absolute Gasteiger partial charge is 0.481 e. The molecular formula is C25H29N3O5. The van der Waals surface area contributed by atoms with Gasteiger partial charge in [-0.25, -0.2) is 9.78 Å². The van der Waals surface area contributed by atoms with Crippen LogP contribution in [0.15, 0.2) is 30.5 Å². The highest BCUT2D eigenvalue weighted by Gasteiger charge is 2.45. The molecule has 1 aromatic carbocycles. The third-order valence-electron chi connectivity index (χ3n) is 7.47. The average molecular weight is 452 g/mol. The van der Waals surface area contributed by atoms with Crippen molar-refractivity contribution in [3.8, 4) is 5.88 Å². The predicted octanol–water partition coefficient (Wildman–Crippen LogP) is 2.62. The van der Waals surface area contributed by atoms with E-state index in [-0.39, 0.29) is 23.9 Å². The molecule has 3 aliphatic rings. The van der Waals surface area contributed by atoms with Gasteiger partial charge in [0.2, 0.25) is 11.8 Å². The lowest BCUT2D eigenvalue weighted by Gasteiger charge is -2.39. The maximum absolute atomic E-state index is 12.8. The van der Waals surface area contributed by atoms with Crippen LogP contribution in [0.3, 0.4) is 0 Å². The fourth-order valence-electron chi connectivity index (χ4n) is 5.43. The molecule has 0 radical (unpaired) electrons. The maximum atomic E-state index is 12.8. The number of amides is 1. The minimum Gasteiger partial charge on any atom is -0.481 e. The molecule has 1 atom stereocenters. The van der Waals surface area contributed by atoms with E-state index in [4.69, 9.17) is 9.47 Å². The van der Waals surface area contributed by atoms with E-state index in [1.54, 1.807) is 25.4 Å². The molecular weight excluding hydrogens is 422 g/mol. The van der Waals surface area contributed by atoms with Gasteiger partial charge in [-0.15, -0.1) is 0 Å². The van der Waals surface area contributed by atoms with Crippen LogP contribution in [0.2, 0.25) is 0 Å². The van der Waals surface area contributed by atoms with E-state index in [2.05, 4.69) is 9.88 Å². The number of esters is 1. The maximum Gasteiger partial charge on any atom is 0.338 e. The van der Waals surface area contributed by atoms with Crippen molar-refractivity contribution in [1.29, 1.82) is 0 Å². The molecule has 8 heteroatoms. The van der Waals surface area contributed by atoms with Crippen LogP contribution in [0.4, 0.5) is 5.69 Å². The van der Waals surface area contributed by atoms with Crippen LogP contribution in [-0.2, 0) is 16.1 Å². The van der Waals surface area contributed by atoms with Crippen LogP contribution in [0.25, 0.3) is 0 Å². The van der Waals surface area contributed by atoms with Crippen molar-refractivity contribution in [1.82, 2.24) is 9.88 Å². The number of β-amino-alcohol motifs (C(OH)–C–C–N with tert-alkyl or cyclic N) is 1. The van der Waals surface area contributed by atoms with Crippen LogP contribution in [-0.4, -0.2) is 60.2 Å². The minimum atomic E-state index is -0.633. The zero-order valence-corrected chi connectivity index (χ0v) is 19.0. The van der Waals surface area contributed by atoms with E-state index in [0.29, 0.717) is 31.0 Å². The van der Waals surface area contributed by atoms with E-state index in [9.17, 15) is 14.7 Å². The quantitative estimate of drug-likeness (QED) is 0.699. The molecule has 2 saturated heterocycles. The summed E-state index contributed by atoms with van der Waals surface area (Å²) in [7, 11) is 1.57. The van der Waals surface area contributed by atoms with Gasteiger partial charge < -0.3 is 24.4 Å². The Morgan fingerprint density at radius 2 is 2.03 bits per heavy atom. The zero-order chi connectivity index (χ0) is 23.2. The van der Waals surface area contributed by atoms with Gasteiger partial charge >= 0.3 is 5.97 Å². The predicted molar refractivity (Wildman–Crippen MR) is 121 cm³/mol. The summed E-state index contributed by atoms with van der Waals surface area (Å²) in [6, 6.07) is 7.25. The Morgan fingerprint density at radius 1 is 1.24 bits per heavy atom. The molecule has 33 heavy (non-hydrogen) atoms. The third kappa shape index (κ3) is 3.98. The van der Waals surface area contributed by atoms with Gasteiger partial charge in [0.05, 0.1) is 24.5 Å². The highest BCUT2D eigenvalue weighted by molar-refractivity contribution is 5.96. The summed E-state index contributed by atoms with van der Waals surface area (Å²) >= 11 is 0. The Bertz CT molecular complexity index is 1090. The fraction of sp³-hybridized carbons (Fsp3) is 0.480. The van der Waals surface area contributed by atoms with Gasteiger partial charge in [0.25, 0.3) is 0 Å². The lowest BCUT2D eigenvalue weighted by Crippen LogP contribution is -2.43. The molecule has 1 unspecified atom stereocenters. The van der Waals surface area contributed by atoms with Crippen molar-refractivity contribution in [3.63, 3.8) is 0 Å². The van der Waals surface area contributed by atoms with Crippen molar-refractivity contribution in [2.75, 3.05) is 38.2 Å². The van der Waals surface area contributed by atoms with Gasteiger partial charge in [-0.05, 0) is 61.5 Å². The first-order valence-corrected chi connectivity index (χ1v) is 11.4. The molecule has 8 nitrogen and oxygen atoms in total. The number of aromatic nitrogens is 1. The zero-order valence-electron chi connectivity index (χ0n) is 19.0. The number of methoxy groups -OCH3 is 1. The van der Waals surface area contributed by atoms with Gasteiger partial charge in [-0.2, -0.15) is 0 Å². The van der Waals surface area contributed by atoms with Crippen LogP contribution >= 0.6 is 0 Å². The average Bonchev–Trinajstić information content (AvgIpc) is 3.36. The van der Waals surface area contributed by atoms with Gasteiger partial charge in [-0.1, -0.05) is 6.07 Å². The molecule has 0 saturated carbocycles. The second kappa shape index (κ2) is 8.43. The number of likely N-dealkylation sites (tertiary alicyclic amines) is 1. The fourth-order valence-corrected chi connectivity index (χ4v) is 5.43. The first kappa shape index (κ1) is 21.9. The topological polar surface area (TPSA) is 92.2 Å². The summed E-state index contributed by atoms with van der Waals surface area (Å²) < 4.78 is 10.3. The number of anilines is 1. The standard InChI is InChI=1S/C25H29N3O5/c1-16-18(3-4-19-20(16)14-33-24(19)31)21(29)13-27-9-6-25(7-10-27)12-23(30)28(15-25)17-5-8-26-22(11-17)32-2/h3-5,8,11,21,29H,6-7,9-10,12-15H2,1-2H3. The van der Waals surface area contributed by atoms with Crippen molar-refractivity contribution in [2.45, 2.75) is 38.9 Å². The molecule has 174 valence electrons. The van der Waals surface area contributed by atoms with Crippen molar-refractivity contribution in [3.05, 3.63) is 52.7 Å². The lowest BCUT2D eigenvalue weighted by molar-refractivity contribution is -0.118. The van der Waals surface area contributed by atoms with Crippen LogP contribution in [0, 0.1) is 12.3 Å². The number of carbonyl (C=O) groups excluding carboxylic acids is 2. The molecule has 0 aliphatic carbocycles. The number of cyclic esters (lactones) is 1. The van der Waals surface area contributed by atoms with Gasteiger partial charge in [0.15, 0.2) is 0 Å². The number of fused-ring (bicyclic) bond motifs is 1. The van der Waals surface area contributed by atoms with Crippen LogP contribution in [0.5, 0.6) is 5.88 Å². The summed E-state index contributed by atoms with van der Waals surface area (Å²) in [6.45, 7) is 5.13. The third-order valence-corrected chi connectivity index (χ3v) is 7.47. The van der Waals surface area contributed by atoms with E-state index < -0.39 is 6.10 Å². The number of hydrogen-bond acceptors (Lipinski definition) is 7. The molecule has 2 aromatic rings. The molecule has 2 fully saturated rings. The van der Waals surface area contributed by atoms with E-state index >= 15 is 0 Å². The van der Waals surface area contributed by atoms with Gasteiger partial charge in [0, 0.05) is 37.3 Å². The number of ether oxygens (including phenoxy) is 2. The highest BCUT2D eigenvalue weighted by atomic mass is 16.5. The summed E-state index contributed by atoms with van der Waals surface area (Å²) in [5, 5.41) is 10.9. The van der Waals surface area contributed by atoms with E-state index in [0.717, 1.165) is 48.3 Å². The Morgan fingerprint density at radius 3 is 2.79 bits per heavy atom. The van der Waals surface area contributed by atoms with Crippen LogP contribution in [0.1, 0.15) is 52.4 Å². The second-order valence-corrected chi connectivity index (χ2v) is 9.41. The molecule has 1 aromatic heterocycles. The Labute approximate surface area is 193 Å². The number of aliphatic hydroxyl groups is 1. The van der Waals surface area contributed by atoms with E-state index in [1.807, 2.05) is 24.0 Å². The number of rotatable bonds is 5. The molecule has 0 bridgehead atoms. The first-order chi connectivity index (χ1) is 15.9. The SMILES string of the molecule is COc1cc(N2CC3(CCN(CC(O)c4ccc5c(c4C)COC5=O)CC3)CC2=O)ccn1. The van der Waals surface area contributed by atoms with Crippen molar-refractivity contribution in [2.24, 2.45) is 5.41 Å². The molecule has 4 heterocycles. The summed E-state index contributed by atoms with van der Waals surface area (Å²) in [5.74, 6) is 0.353. The lowest BCUT2D eigenvalue weighted by atomic mass is 9.77. The first-order valence-electron chi connectivity index (χ1n) is 11.4. The monoisotopic (exact) mass is 451 g/mol. The smallest absolute Gasteiger partial charge is 0.338 e. The number of pyridine rings is 1. The number of hydrogen-bond donors (Lipinski definition) is 1. The molecule has 1 N–H and O–H groups in total. The van der Waals surface area contributed by atoms with Gasteiger partial charge in [0.1, 0.15) is 6.61 Å². The molecule has 3 aliphatic heterocycles. The Kier molecular flexibility index (Phi) is 5.58. The number of carbonyl (C=O) groups is 2. The number of benzene rings is 1. The van der Waals surface area contributed by atoms with E-state index in [1.165, 1.54) is 0 Å². The molecule has 5 rings (SSSR count). The Hall–Kier alpha value is -2.97. The Balaban J connectivity index is 1.22. The minimum absolute atomic E-state index is 0.0315. The summed E-state index contributed by atoms with van der Waals surface area (Å²) in [5.41, 5.74) is 4.06. The van der Waals surface area contributed by atoms with Crippen molar-refractivity contribution < 1.29 is 24.2 Å². The van der Waals surface area contributed by atoms with Crippen molar-refractivity contribution >= 4 is 17.6 Å². The highest BCUT2D eigenvalue weighted by Crippen LogP contribution is 2.43. The second-order valence-electron chi connectivity index (χ2n) is 9.41. The van der Waals surface area contributed by atoms with Gasteiger partial charge in [-0.3, -0.25) is 4.79 Å². The molecule has 1 spiro atoms. The summed E-state index contributed by atoms with van der Waals surface area (Å²) in [4.78, 5) is 32.9. The van der Waals surface area contributed by atoms with Crippen LogP contribution < -0.4 is 9.64 Å². The number of nitrogens with zero attached hydrogens (tertiary/aromatic N) is 3. The number of piperidine rings is 1.